The average Bonchev–Trinajstić information content (AvgIpc) is 2.29. The number of nitrogens with two attached hydrogens (primary N) is 1. The van der Waals surface area contributed by atoms with E-state index < -0.39 is 0 Å². The molecular weight excluding hydrogens is 234 g/mol. The molecule has 1 aromatic carbocycles. The number of nitrogens with zero attached hydrogens (tertiary/aromatic N) is 1. The van der Waals surface area contributed by atoms with Crippen LogP contribution >= 0.6 is 0 Å². The highest BCUT2D eigenvalue weighted by molar-refractivity contribution is 5.68. The standard InChI is InChI=1S/C16H23N3/c1-11-6-13(9-16(2,3)8-11)19-15-5-4-12(10-17)7-14(15)18/h4-5,7,11,13,19H,6,8-9,18H2,1-3H3/t11-,13-/m0/s1. The van der Waals surface area contributed by atoms with Crippen molar-refractivity contribution in [3.63, 3.8) is 0 Å². The fraction of sp³-hybridized carbons (Fsp3) is 0.562. The summed E-state index contributed by atoms with van der Waals surface area (Å²) in [6.07, 6.45) is 3.63. The van der Waals surface area contributed by atoms with Crippen molar-refractivity contribution in [2.75, 3.05) is 11.1 Å². The van der Waals surface area contributed by atoms with Gasteiger partial charge < -0.3 is 11.1 Å². The summed E-state index contributed by atoms with van der Waals surface area (Å²) >= 11 is 0. The average molecular weight is 257 g/mol. The summed E-state index contributed by atoms with van der Waals surface area (Å²) in [7, 11) is 0. The molecule has 19 heavy (non-hydrogen) atoms. The minimum Gasteiger partial charge on any atom is -0.397 e. The van der Waals surface area contributed by atoms with E-state index in [9.17, 15) is 0 Å². The molecule has 0 heterocycles. The summed E-state index contributed by atoms with van der Waals surface area (Å²) in [6.45, 7) is 6.98. The van der Waals surface area contributed by atoms with Gasteiger partial charge in [0.25, 0.3) is 0 Å². The molecular formula is C16H23N3. The maximum atomic E-state index is 8.85. The van der Waals surface area contributed by atoms with Crippen LogP contribution in [0.2, 0.25) is 0 Å². The zero-order valence-electron chi connectivity index (χ0n) is 12.0. The highest BCUT2D eigenvalue weighted by Gasteiger charge is 2.32. The first-order valence-corrected chi connectivity index (χ1v) is 6.96. The number of hydrogen-bond acceptors (Lipinski definition) is 3. The summed E-state index contributed by atoms with van der Waals surface area (Å²) in [6, 6.07) is 8.05. The van der Waals surface area contributed by atoms with Crippen molar-refractivity contribution in [3.05, 3.63) is 23.8 Å². The Hall–Kier alpha value is -1.69. The molecule has 1 aliphatic rings. The van der Waals surface area contributed by atoms with Gasteiger partial charge in [-0.05, 0) is 48.8 Å². The number of rotatable bonds is 2. The quantitative estimate of drug-likeness (QED) is 0.793. The Morgan fingerprint density at radius 1 is 1.37 bits per heavy atom. The molecule has 0 spiro atoms. The number of nitrogens with one attached hydrogen (secondary N) is 1. The Morgan fingerprint density at radius 3 is 2.68 bits per heavy atom. The molecule has 102 valence electrons. The molecule has 1 aromatic rings. The highest BCUT2D eigenvalue weighted by Crippen LogP contribution is 2.40. The number of benzene rings is 1. The van der Waals surface area contributed by atoms with Gasteiger partial charge in [0, 0.05) is 6.04 Å². The molecule has 2 rings (SSSR count). The summed E-state index contributed by atoms with van der Waals surface area (Å²) < 4.78 is 0. The smallest absolute Gasteiger partial charge is 0.0992 e. The maximum absolute atomic E-state index is 8.85. The number of nitriles is 1. The SMILES string of the molecule is C[C@H]1C[C@H](Nc2ccc(C#N)cc2N)CC(C)(C)C1. The van der Waals surface area contributed by atoms with Crippen molar-refractivity contribution >= 4 is 11.4 Å². The lowest BCUT2D eigenvalue weighted by Gasteiger charge is -2.39. The molecule has 3 heteroatoms. The normalized spacial score (nSPS) is 25.6. The molecule has 1 fully saturated rings. The Bertz CT molecular complexity index is 499. The summed E-state index contributed by atoms with van der Waals surface area (Å²) in [5.41, 5.74) is 8.61. The molecule has 0 radical (unpaired) electrons. The van der Waals surface area contributed by atoms with E-state index in [-0.39, 0.29) is 0 Å². The van der Waals surface area contributed by atoms with Crippen LogP contribution in [0.4, 0.5) is 11.4 Å². The van der Waals surface area contributed by atoms with Gasteiger partial charge in [-0.25, -0.2) is 0 Å². The van der Waals surface area contributed by atoms with Crippen LogP contribution in [0.15, 0.2) is 18.2 Å². The predicted molar refractivity (Wildman–Crippen MR) is 79.8 cm³/mol. The van der Waals surface area contributed by atoms with Gasteiger partial charge in [-0.2, -0.15) is 5.26 Å². The molecule has 0 saturated heterocycles. The lowest BCUT2D eigenvalue weighted by molar-refractivity contribution is 0.178. The second kappa shape index (κ2) is 5.13. The van der Waals surface area contributed by atoms with E-state index in [0.29, 0.717) is 22.7 Å². The second-order valence-corrected chi connectivity index (χ2v) is 6.67. The van der Waals surface area contributed by atoms with E-state index in [1.165, 1.54) is 12.8 Å². The third-order valence-electron chi connectivity index (χ3n) is 3.93. The van der Waals surface area contributed by atoms with Gasteiger partial charge >= 0.3 is 0 Å². The molecule has 0 amide bonds. The zero-order valence-corrected chi connectivity index (χ0v) is 12.0. The highest BCUT2D eigenvalue weighted by atomic mass is 14.9. The van der Waals surface area contributed by atoms with Crippen LogP contribution in [0.1, 0.15) is 45.6 Å². The van der Waals surface area contributed by atoms with Gasteiger partial charge in [0.15, 0.2) is 0 Å². The fourth-order valence-corrected chi connectivity index (χ4v) is 3.44. The van der Waals surface area contributed by atoms with Gasteiger partial charge in [0.2, 0.25) is 0 Å². The molecule has 1 saturated carbocycles. The molecule has 3 nitrogen and oxygen atoms in total. The van der Waals surface area contributed by atoms with Crippen molar-refractivity contribution in [2.24, 2.45) is 11.3 Å². The third-order valence-corrected chi connectivity index (χ3v) is 3.93. The predicted octanol–water partition coefficient (Wildman–Crippen LogP) is 3.77. The molecule has 0 aromatic heterocycles. The molecule has 0 bridgehead atoms. The largest absolute Gasteiger partial charge is 0.397 e. The summed E-state index contributed by atoms with van der Waals surface area (Å²) in [5.74, 6) is 0.737. The zero-order chi connectivity index (χ0) is 14.0. The molecule has 0 unspecified atom stereocenters. The van der Waals surface area contributed by atoms with Crippen LogP contribution in [-0.2, 0) is 0 Å². The molecule has 3 N–H and O–H groups in total. The van der Waals surface area contributed by atoms with Crippen molar-refractivity contribution in [1.82, 2.24) is 0 Å². The minimum atomic E-state index is 0.386. The van der Waals surface area contributed by atoms with E-state index in [1.54, 1.807) is 6.07 Å². The van der Waals surface area contributed by atoms with E-state index in [1.807, 2.05) is 12.1 Å². The Labute approximate surface area is 115 Å². The van der Waals surface area contributed by atoms with E-state index in [0.717, 1.165) is 18.0 Å². The van der Waals surface area contributed by atoms with Gasteiger partial charge in [0.1, 0.15) is 0 Å². The lowest BCUT2D eigenvalue weighted by Crippen LogP contribution is -2.35. The van der Waals surface area contributed by atoms with Crippen LogP contribution in [0.25, 0.3) is 0 Å². The van der Waals surface area contributed by atoms with Gasteiger partial charge in [-0.1, -0.05) is 20.8 Å². The Kier molecular flexibility index (Phi) is 3.71. The van der Waals surface area contributed by atoms with Crippen molar-refractivity contribution in [3.8, 4) is 6.07 Å². The van der Waals surface area contributed by atoms with Crippen molar-refractivity contribution in [2.45, 2.75) is 46.1 Å². The number of anilines is 2. The van der Waals surface area contributed by atoms with E-state index >= 15 is 0 Å². The van der Waals surface area contributed by atoms with Crippen LogP contribution in [-0.4, -0.2) is 6.04 Å². The van der Waals surface area contributed by atoms with Crippen LogP contribution in [0.3, 0.4) is 0 Å². The van der Waals surface area contributed by atoms with Gasteiger partial charge in [0.05, 0.1) is 23.0 Å². The molecule has 2 atom stereocenters. The minimum absolute atomic E-state index is 0.386. The second-order valence-electron chi connectivity index (χ2n) is 6.67. The Morgan fingerprint density at radius 2 is 2.11 bits per heavy atom. The third kappa shape index (κ3) is 3.41. The first-order chi connectivity index (χ1) is 8.89. The lowest BCUT2D eigenvalue weighted by atomic mass is 9.70. The maximum Gasteiger partial charge on any atom is 0.0992 e. The Balaban J connectivity index is 2.11. The van der Waals surface area contributed by atoms with Crippen LogP contribution in [0, 0.1) is 22.7 Å². The topological polar surface area (TPSA) is 61.8 Å². The van der Waals surface area contributed by atoms with Crippen LogP contribution in [0.5, 0.6) is 0 Å². The monoisotopic (exact) mass is 257 g/mol. The van der Waals surface area contributed by atoms with Crippen LogP contribution < -0.4 is 11.1 Å². The van der Waals surface area contributed by atoms with E-state index in [2.05, 4.69) is 32.2 Å². The van der Waals surface area contributed by atoms with E-state index in [4.69, 9.17) is 11.0 Å². The first kappa shape index (κ1) is 13.7. The van der Waals surface area contributed by atoms with Crippen molar-refractivity contribution < 1.29 is 0 Å². The first-order valence-electron chi connectivity index (χ1n) is 6.96. The van der Waals surface area contributed by atoms with Gasteiger partial charge in [-0.15, -0.1) is 0 Å². The number of hydrogen-bond donors (Lipinski definition) is 2. The van der Waals surface area contributed by atoms with Crippen molar-refractivity contribution in [1.29, 1.82) is 5.26 Å². The molecule has 0 aliphatic heterocycles. The fourth-order valence-electron chi connectivity index (χ4n) is 3.44. The number of nitrogen functional groups attached to an aromatic ring is 1. The summed E-state index contributed by atoms with van der Waals surface area (Å²) in [5, 5.41) is 12.4. The molecule has 1 aliphatic carbocycles. The van der Waals surface area contributed by atoms with Gasteiger partial charge in [-0.3, -0.25) is 0 Å². The summed E-state index contributed by atoms with van der Waals surface area (Å²) in [4.78, 5) is 0.